The molecule has 0 unspecified atom stereocenters. The van der Waals surface area contributed by atoms with Gasteiger partial charge in [-0.3, -0.25) is 14.7 Å². The summed E-state index contributed by atoms with van der Waals surface area (Å²) in [6.45, 7) is 1.02. The molecule has 2 aromatic heterocycles. The van der Waals surface area contributed by atoms with Crippen LogP contribution in [0.25, 0.3) is 6.08 Å². The fourth-order valence-electron chi connectivity index (χ4n) is 5.24. The number of pyridine rings is 1. The van der Waals surface area contributed by atoms with E-state index in [9.17, 15) is 4.79 Å². The van der Waals surface area contributed by atoms with Crippen molar-refractivity contribution in [3.05, 3.63) is 53.1 Å². The molecular formula is C22H27N5O. The third-order valence-corrected chi connectivity index (χ3v) is 6.69. The molecule has 1 amide bonds. The van der Waals surface area contributed by atoms with E-state index in [4.69, 9.17) is 5.73 Å². The third-order valence-electron chi connectivity index (χ3n) is 6.69. The average molecular weight is 377 g/mol. The van der Waals surface area contributed by atoms with Crippen LogP contribution >= 0.6 is 0 Å². The van der Waals surface area contributed by atoms with Gasteiger partial charge in [0.2, 0.25) is 0 Å². The molecule has 0 saturated carbocycles. The largest absolute Gasteiger partial charge is 0.381 e. The molecule has 6 heteroatoms. The monoisotopic (exact) mass is 377 g/mol. The van der Waals surface area contributed by atoms with Gasteiger partial charge in [-0.05, 0) is 37.8 Å². The van der Waals surface area contributed by atoms with E-state index in [0.29, 0.717) is 23.7 Å². The van der Waals surface area contributed by atoms with Gasteiger partial charge in [0.25, 0.3) is 5.91 Å². The topological polar surface area (TPSA) is 76.2 Å². The lowest BCUT2D eigenvalue weighted by Crippen LogP contribution is -2.46. The Kier molecular flexibility index (Phi) is 4.23. The normalized spacial score (nSPS) is 25.8. The molecule has 2 bridgehead atoms. The van der Waals surface area contributed by atoms with E-state index in [1.54, 1.807) is 6.20 Å². The number of nitrogens with two attached hydrogens (primary N) is 1. The van der Waals surface area contributed by atoms with E-state index >= 15 is 0 Å². The zero-order chi connectivity index (χ0) is 19.3. The number of primary amides is 1. The highest BCUT2D eigenvalue weighted by atomic mass is 16.1. The van der Waals surface area contributed by atoms with Gasteiger partial charge >= 0.3 is 0 Å². The second-order valence-corrected chi connectivity index (χ2v) is 8.36. The van der Waals surface area contributed by atoms with Crippen LogP contribution in [0.4, 0.5) is 5.69 Å². The van der Waals surface area contributed by atoms with Crippen LogP contribution in [0.1, 0.15) is 53.0 Å². The number of anilines is 1. The molecule has 28 heavy (non-hydrogen) atoms. The highest BCUT2D eigenvalue weighted by molar-refractivity contribution is 6.00. The average Bonchev–Trinajstić information content (AvgIpc) is 3.35. The van der Waals surface area contributed by atoms with Crippen molar-refractivity contribution >= 4 is 17.7 Å². The number of nitrogens with zero attached hydrogens (tertiary/aromatic N) is 3. The minimum Gasteiger partial charge on any atom is -0.381 e. The molecule has 2 aromatic rings. The first-order valence-electron chi connectivity index (χ1n) is 10.2. The first-order valence-corrected chi connectivity index (χ1v) is 10.2. The van der Waals surface area contributed by atoms with Gasteiger partial charge in [0.15, 0.2) is 0 Å². The zero-order valence-corrected chi connectivity index (χ0v) is 16.3. The van der Waals surface area contributed by atoms with Gasteiger partial charge in [-0.15, -0.1) is 0 Å². The minimum absolute atomic E-state index is 0.362. The van der Waals surface area contributed by atoms with E-state index in [1.165, 1.54) is 18.5 Å². The number of rotatable bonds is 5. The SMILES string of the molecule is Cn1cccc1CN1[C@H]2CC[C@H]1CC(Nc1c(C(N)=O)cnc3c1C=CC3)C2. The quantitative estimate of drug-likeness (QED) is 0.840. The molecule has 3 N–H and O–H groups in total. The number of aromatic nitrogens is 2. The summed E-state index contributed by atoms with van der Waals surface area (Å²) in [5.41, 5.74) is 10.5. The molecule has 2 saturated heterocycles. The number of fused-ring (bicyclic) bond motifs is 3. The molecule has 146 valence electrons. The van der Waals surface area contributed by atoms with Crippen molar-refractivity contribution in [1.82, 2.24) is 14.5 Å². The van der Waals surface area contributed by atoms with Gasteiger partial charge < -0.3 is 15.6 Å². The summed E-state index contributed by atoms with van der Waals surface area (Å²) in [7, 11) is 2.12. The number of nitrogens with one attached hydrogen (secondary N) is 1. The molecule has 0 spiro atoms. The van der Waals surface area contributed by atoms with Crippen LogP contribution in [0.5, 0.6) is 0 Å². The lowest BCUT2D eigenvalue weighted by atomic mass is 9.95. The van der Waals surface area contributed by atoms with Gasteiger partial charge in [0.1, 0.15) is 0 Å². The third kappa shape index (κ3) is 2.92. The summed E-state index contributed by atoms with van der Waals surface area (Å²) in [5, 5.41) is 3.70. The van der Waals surface area contributed by atoms with Crippen molar-refractivity contribution in [1.29, 1.82) is 0 Å². The molecule has 2 aliphatic heterocycles. The molecule has 3 aliphatic rings. The Morgan fingerprint density at radius 1 is 1.32 bits per heavy atom. The van der Waals surface area contributed by atoms with Crippen LogP contribution in [0.15, 0.2) is 30.6 Å². The van der Waals surface area contributed by atoms with Crippen molar-refractivity contribution < 1.29 is 4.79 Å². The first kappa shape index (κ1) is 17.5. The fraction of sp³-hybridized carbons (Fsp3) is 0.455. The number of hydrogen-bond donors (Lipinski definition) is 2. The number of allylic oxidation sites excluding steroid dienone is 1. The number of hydrogen-bond acceptors (Lipinski definition) is 4. The van der Waals surface area contributed by atoms with Gasteiger partial charge in [0.05, 0.1) is 16.9 Å². The van der Waals surface area contributed by atoms with E-state index in [2.05, 4.69) is 57.3 Å². The Balaban J connectivity index is 1.35. The Labute approximate surface area is 165 Å². The molecular weight excluding hydrogens is 350 g/mol. The maximum atomic E-state index is 12.0. The van der Waals surface area contributed by atoms with Crippen LogP contribution in [-0.4, -0.2) is 38.5 Å². The summed E-state index contributed by atoms with van der Waals surface area (Å²) in [4.78, 5) is 19.1. The van der Waals surface area contributed by atoms with E-state index in [-0.39, 0.29) is 0 Å². The standard InChI is InChI=1S/C22H27N5O/c1-26-9-3-4-17(26)13-27-15-7-8-16(27)11-14(10-15)25-21-18-5-2-6-20(18)24-12-19(21)22(23)28/h2-5,9,12,14-16H,6-8,10-11,13H2,1H3,(H2,23,28)(H,24,25)/t15-,16-/m0/s1. The smallest absolute Gasteiger partial charge is 0.252 e. The van der Waals surface area contributed by atoms with Crippen LogP contribution in [0, 0.1) is 0 Å². The van der Waals surface area contributed by atoms with Gasteiger partial charge in [-0.25, -0.2) is 0 Å². The molecule has 2 fully saturated rings. The first-order chi connectivity index (χ1) is 13.6. The second-order valence-electron chi connectivity index (χ2n) is 8.36. The zero-order valence-electron chi connectivity index (χ0n) is 16.3. The van der Waals surface area contributed by atoms with E-state index in [1.807, 2.05) is 0 Å². The van der Waals surface area contributed by atoms with Crippen LogP contribution in [0.3, 0.4) is 0 Å². The predicted octanol–water partition coefficient (Wildman–Crippen LogP) is 2.70. The summed E-state index contributed by atoms with van der Waals surface area (Å²) in [6, 6.07) is 5.88. The molecule has 5 rings (SSSR count). The second kappa shape index (κ2) is 6.78. The maximum absolute atomic E-state index is 12.0. The molecule has 1 aliphatic carbocycles. The van der Waals surface area contributed by atoms with E-state index < -0.39 is 5.91 Å². The van der Waals surface area contributed by atoms with Gasteiger partial charge in [-0.1, -0.05) is 12.2 Å². The summed E-state index contributed by atoms with van der Waals surface area (Å²) in [6.07, 6.45) is 13.4. The van der Waals surface area contributed by atoms with Crippen molar-refractivity contribution in [2.75, 3.05) is 5.32 Å². The Morgan fingerprint density at radius 3 is 2.79 bits per heavy atom. The Hall–Kier alpha value is -2.60. The Morgan fingerprint density at radius 2 is 2.11 bits per heavy atom. The minimum atomic E-state index is -0.415. The summed E-state index contributed by atoms with van der Waals surface area (Å²) in [5.74, 6) is -0.415. The van der Waals surface area contributed by atoms with Crippen LogP contribution < -0.4 is 11.1 Å². The van der Waals surface area contributed by atoms with Crippen molar-refractivity contribution in [2.45, 2.75) is 56.8 Å². The number of carbonyl (C=O) groups excluding carboxylic acids is 1. The van der Waals surface area contributed by atoms with E-state index in [0.717, 1.165) is 42.8 Å². The predicted molar refractivity (Wildman–Crippen MR) is 110 cm³/mol. The number of amides is 1. The van der Waals surface area contributed by atoms with Crippen molar-refractivity contribution in [3.63, 3.8) is 0 Å². The summed E-state index contributed by atoms with van der Waals surface area (Å²) >= 11 is 0. The molecule has 0 aromatic carbocycles. The molecule has 4 heterocycles. The lowest BCUT2D eigenvalue weighted by molar-refractivity contribution is 0.100. The van der Waals surface area contributed by atoms with Crippen LogP contribution in [-0.2, 0) is 20.0 Å². The van der Waals surface area contributed by atoms with Gasteiger partial charge in [-0.2, -0.15) is 0 Å². The molecule has 6 nitrogen and oxygen atoms in total. The van der Waals surface area contributed by atoms with Gasteiger partial charge in [0, 0.05) is 61.8 Å². The molecule has 0 radical (unpaired) electrons. The van der Waals surface area contributed by atoms with Crippen LogP contribution in [0.2, 0.25) is 0 Å². The number of carbonyl (C=O) groups is 1. The highest BCUT2D eigenvalue weighted by Crippen LogP contribution is 2.39. The number of piperidine rings is 1. The Bertz CT molecular complexity index is 932. The highest BCUT2D eigenvalue weighted by Gasteiger charge is 2.41. The summed E-state index contributed by atoms with van der Waals surface area (Å²) < 4.78 is 2.22. The maximum Gasteiger partial charge on any atom is 0.252 e. The van der Waals surface area contributed by atoms with Crippen molar-refractivity contribution in [3.8, 4) is 0 Å². The fourth-order valence-corrected chi connectivity index (χ4v) is 5.24. The molecule has 2 atom stereocenters. The number of aryl methyl sites for hydroxylation is 1. The lowest BCUT2D eigenvalue weighted by Gasteiger charge is -2.40. The van der Waals surface area contributed by atoms with Crippen molar-refractivity contribution in [2.24, 2.45) is 12.8 Å².